The maximum Gasteiger partial charge on any atom is 0.144 e. The molecule has 0 aliphatic heterocycles. The number of aryl methyl sites for hydroxylation is 1. The van der Waals surface area contributed by atoms with Crippen LogP contribution in [0.4, 0.5) is 0 Å². The van der Waals surface area contributed by atoms with Crippen LogP contribution in [0.25, 0.3) is 0 Å². The fourth-order valence-corrected chi connectivity index (χ4v) is 1.21. The molecule has 0 unspecified atom stereocenters. The van der Waals surface area contributed by atoms with Crippen molar-refractivity contribution in [1.29, 1.82) is 0 Å². The molecule has 1 nitrogen and oxygen atoms in total. The molecule has 0 radical (unpaired) electrons. The molecule has 1 aromatic carbocycles. The van der Waals surface area contributed by atoms with Crippen molar-refractivity contribution in [3.63, 3.8) is 0 Å². The van der Waals surface area contributed by atoms with Gasteiger partial charge in [-0.3, -0.25) is 0 Å². The first-order valence-corrected chi connectivity index (χ1v) is 3.77. The second kappa shape index (κ2) is 3.04. The van der Waals surface area contributed by atoms with Crippen molar-refractivity contribution in [2.24, 2.45) is 0 Å². The Morgan fingerprint density at radius 3 is 2.45 bits per heavy atom. The van der Waals surface area contributed by atoms with E-state index in [2.05, 4.69) is 34.7 Å². The Hall–Kier alpha value is -0.850. The molecule has 0 aliphatic carbocycles. The van der Waals surface area contributed by atoms with E-state index in [0.29, 0.717) is 0 Å². The van der Waals surface area contributed by atoms with Gasteiger partial charge >= 0.3 is 0 Å². The van der Waals surface area contributed by atoms with Crippen LogP contribution in [0.1, 0.15) is 5.56 Å². The average Bonchev–Trinajstić information content (AvgIpc) is 1.96. The first kappa shape index (κ1) is 8.25. The monoisotopic (exact) mass is 146 g/mol. The Morgan fingerprint density at radius 1 is 1.27 bits per heavy atom. The lowest BCUT2D eigenvalue weighted by molar-refractivity contribution is 0.418. The van der Waals surface area contributed by atoms with Crippen LogP contribution in [0.2, 0.25) is 0 Å². The van der Waals surface area contributed by atoms with Crippen molar-refractivity contribution >= 4 is 26.6 Å². The van der Waals surface area contributed by atoms with Gasteiger partial charge in [0.25, 0.3) is 0 Å². The Morgan fingerprint density at radius 2 is 1.91 bits per heavy atom. The van der Waals surface area contributed by atoms with Gasteiger partial charge < -0.3 is 4.74 Å². The van der Waals surface area contributed by atoms with Gasteiger partial charge in [0.15, 0.2) is 0 Å². The number of hydrogen-bond donors (Lipinski definition) is 0. The summed E-state index contributed by atoms with van der Waals surface area (Å²) in [4.78, 5) is 0. The van der Waals surface area contributed by atoms with E-state index in [1.54, 1.807) is 7.11 Å². The molecule has 0 aliphatic rings. The Kier molecular flexibility index (Phi) is 2.28. The van der Waals surface area contributed by atoms with Gasteiger partial charge in [0.2, 0.25) is 0 Å². The second-order valence-corrected chi connectivity index (χ2v) is 2.91. The molecule has 0 saturated carbocycles. The normalized spacial score (nSPS) is 9.64. The average molecular weight is 146 g/mol. The van der Waals surface area contributed by atoms with Crippen LogP contribution in [0.5, 0.6) is 5.75 Å². The second-order valence-electron chi connectivity index (χ2n) is 2.91. The topological polar surface area (TPSA) is 9.23 Å². The lowest BCUT2D eigenvalue weighted by Gasteiger charge is -2.08. The standard InChI is InChI=1S/C8H12B2O/c1-5-3-6(9)4-7(11-2)8(5)10/h3-4H,9-10H2,1-2H3. The van der Waals surface area contributed by atoms with Gasteiger partial charge in [-0.1, -0.05) is 17.1 Å². The Balaban J connectivity index is 3.24. The maximum atomic E-state index is 5.21. The van der Waals surface area contributed by atoms with E-state index >= 15 is 0 Å². The van der Waals surface area contributed by atoms with E-state index in [9.17, 15) is 0 Å². The molecule has 0 aromatic heterocycles. The van der Waals surface area contributed by atoms with Crippen LogP contribution < -0.4 is 15.7 Å². The van der Waals surface area contributed by atoms with E-state index in [-0.39, 0.29) is 0 Å². The lowest BCUT2D eigenvalue weighted by Crippen LogP contribution is -2.16. The van der Waals surface area contributed by atoms with Gasteiger partial charge in [-0.2, -0.15) is 0 Å². The highest BCUT2D eigenvalue weighted by molar-refractivity contribution is 6.38. The van der Waals surface area contributed by atoms with Gasteiger partial charge in [0, 0.05) is 0 Å². The van der Waals surface area contributed by atoms with Gasteiger partial charge in [-0.05, 0) is 18.5 Å². The van der Waals surface area contributed by atoms with Crippen molar-refractivity contribution in [2.45, 2.75) is 6.92 Å². The number of methoxy groups -OCH3 is 1. The molecule has 0 amide bonds. The molecule has 3 heteroatoms. The van der Waals surface area contributed by atoms with Gasteiger partial charge in [0.05, 0.1) is 7.11 Å². The summed E-state index contributed by atoms with van der Waals surface area (Å²) in [5, 5.41) is 0. The molecular formula is C8H12B2O. The molecule has 0 bridgehead atoms. The third kappa shape index (κ3) is 1.59. The van der Waals surface area contributed by atoms with Crippen LogP contribution in [-0.2, 0) is 0 Å². The van der Waals surface area contributed by atoms with Gasteiger partial charge in [-0.25, -0.2) is 0 Å². The van der Waals surface area contributed by atoms with E-state index in [0.717, 1.165) is 5.75 Å². The lowest BCUT2D eigenvalue weighted by atomic mass is 9.84. The SMILES string of the molecule is Bc1cc(C)c(B)c(OC)c1. The number of ether oxygens (including phenoxy) is 1. The van der Waals surface area contributed by atoms with Gasteiger partial charge in [-0.15, -0.1) is 0 Å². The summed E-state index contributed by atoms with van der Waals surface area (Å²) in [6.07, 6.45) is 0. The summed E-state index contributed by atoms with van der Waals surface area (Å²) in [5.74, 6) is 0.988. The zero-order valence-electron chi connectivity index (χ0n) is 7.56. The molecular weight excluding hydrogens is 134 g/mol. The number of hydrogen-bond acceptors (Lipinski definition) is 1. The van der Waals surface area contributed by atoms with E-state index in [1.807, 2.05) is 0 Å². The van der Waals surface area contributed by atoms with Crippen LogP contribution in [0.15, 0.2) is 12.1 Å². The minimum Gasteiger partial charge on any atom is -0.497 e. The molecule has 0 saturated heterocycles. The van der Waals surface area contributed by atoms with Crippen molar-refractivity contribution < 1.29 is 4.74 Å². The smallest absolute Gasteiger partial charge is 0.144 e. The van der Waals surface area contributed by atoms with Crippen LogP contribution >= 0.6 is 0 Å². The predicted molar refractivity (Wildman–Crippen MR) is 54.1 cm³/mol. The van der Waals surface area contributed by atoms with Crippen molar-refractivity contribution in [2.75, 3.05) is 7.11 Å². The summed E-state index contributed by atoms with van der Waals surface area (Å²) in [6, 6.07) is 4.22. The van der Waals surface area contributed by atoms with E-state index < -0.39 is 0 Å². The largest absolute Gasteiger partial charge is 0.497 e. The Labute approximate surface area is 69.6 Å². The molecule has 11 heavy (non-hydrogen) atoms. The summed E-state index contributed by atoms with van der Waals surface area (Å²) in [7, 11) is 5.86. The quantitative estimate of drug-likeness (QED) is 0.439. The highest BCUT2D eigenvalue weighted by atomic mass is 16.5. The van der Waals surface area contributed by atoms with Gasteiger partial charge in [0.1, 0.15) is 21.4 Å². The predicted octanol–water partition coefficient (Wildman–Crippen LogP) is -1.48. The van der Waals surface area contributed by atoms with Crippen molar-refractivity contribution in [3.8, 4) is 5.75 Å². The first-order chi connectivity index (χ1) is 5.15. The third-order valence-corrected chi connectivity index (χ3v) is 1.98. The summed E-state index contributed by atoms with van der Waals surface area (Å²) in [5.41, 5.74) is 3.78. The molecule has 56 valence electrons. The molecule has 0 fully saturated rings. The molecule has 0 N–H and O–H groups in total. The van der Waals surface area contributed by atoms with Crippen LogP contribution in [-0.4, -0.2) is 22.8 Å². The number of rotatable bonds is 1. The highest BCUT2D eigenvalue weighted by Crippen LogP contribution is 2.04. The third-order valence-electron chi connectivity index (χ3n) is 1.98. The van der Waals surface area contributed by atoms with E-state index in [1.165, 1.54) is 16.5 Å². The maximum absolute atomic E-state index is 5.21. The van der Waals surface area contributed by atoms with Crippen LogP contribution in [0.3, 0.4) is 0 Å². The molecule has 1 aromatic rings. The van der Waals surface area contributed by atoms with Crippen molar-refractivity contribution in [3.05, 3.63) is 17.7 Å². The highest BCUT2D eigenvalue weighted by Gasteiger charge is 2.00. The summed E-state index contributed by atoms with van der Waals surface area (Å²) >= 11 is 0. The Bertz CT molecular complexity index is 271. The zero-order valence-corrected chi connectivity index (χ0v) is 7.56. The summed E-state index contributed by atoms with van der Waals surface area (Å²) in [6.45, 7) is 2.10. The molecule has 1 rings (SSSR count). The number of benzene rings is 1. The van der Waals surface area contributed by atoms with Crippen LogP contribution in [0, 0.1) is 6.92 Å². The van der Waals surface area contributed by atoms with Crippen molar-refractivity contribution in [1.82, 2.24) is 0 Å². The fraction of sp³-hybridized carbons (Fsp3) is 0.250. The minimum atomic E-state index is 0.988. The zero-order chi connectivity index (χ0) is 8.43. The minimum absolute atomic E-state index is 0.988. The van der Waals surface area contributed by atoms with E-state index in [4.69, 9.17) is 4.74 Å². The molecule has 0 spiro atoms. The molecule has 0 atom stereocenters. The molecule has 0 heterocycles. The summed E-state index contributed by atoms with van der Waals surface area (Å²) < 4.78 is 5.21. The first-order valence-electron chi connectivity index (χ1n) is 3.77. The fourth-order valence-electron chi connectivity index (χ4n) is 1.21.